The molecule has 0 aliphatic heterocycles. The molecule has 0 radical (unpaired) electrons. The number of carbonyl (C=O) groups excluding carboxylic acids is 2. The first kappa shape index (κ1) is 15.4. The topological polar surface area (TPSA) is 71.3 Å². The van der Waals surface area contributed by atoms with Crippen LogP contribution in [0, 0.1) is 11.7 Å². The standard InChI is InChI=1S/C19H15FN2O3/c20-12-4-3-5-13(10-12)21-19(24)17-16(22-18(23)11-8-9-11)14-6-1-2-7-15(14)25-17/h1-7,10-11H,8-9H2,(H,21,24)(H,22,23). The van der Waals surface area contributed by atoms with Gasteiger partial charge in [0.15, 0.2) is 0 Å². The molecule has 126 valence electrons. The zero-order valence-electron chi connectivity index (χ0n) is 13.2. The van der Waals surface area contributed by atoms with E-state index < -0.39 is 11.7 Å². The zero-order chi connectivity index (χ0) is 17.4. The van der Waals surface area contributed by atoms with Gasteiger partial charge in [0.1, 0.15) is 17.1 Å². The van der Waals surface area contributed by atoms with Crippen molar-refractivity contribution in [2.24, 2.45) is 5.92 Å². The van der Waals surface area contributed by atoms with E-state index in [1.807, 2.05) is 0 Å². The van der Waals surface area contributed by atoms with Crippen LogP contribution in [-0.4, -0.2) is 11.8 Å². The van der Waals surface area contributed by atoms with Gasteiger partial charge < -0.3 is 15.1 Å². The van der Waals surface area contributed by atoms with E-state index in [1.54, 1.807) is 30.3 Å². The van der Waals surface area contributed by atoms with Crippen molar-refractivity contribution in [3.63, 3.8) is 0 Å². The molecule has 0 saturated heterocycles. The number of hydrogen-bond acceptors (Lipinski definition) is 3. The molecule has 5 nitrogen and oxygen atoms in total. The molecule has 1 fully saturated rings. The van der Waals surface area contributed by atoms with Crippen molar-refractivity contribution in [3.05, 3.63) is 60.1 Å². The number of halogens is 1. The van der Waals surface area contributed by atoms with E-state index in [9.17, 15) is 14.0 Å². The number of carbonyl (C=O) groups is 2. The highest BCUT2D eigenvalue weighted by molar-refractivity contribution is 6.14. The summed E-state index contributed by atoms with van der Waals surface area (Å²) in [6.45, 7) is 0. The minimum Gasteiger partial charge on any atom is -0.449 e. The Hall–Kier alpha value is -3.15. The maximum Gasteiger partial charge on any atom is 0.293 e. The summed E-state index contributed by atoms with van der Waals surface area (Å²) in [6, 6.07) is 12.7. The molecular formula is C19H15FN2O3. The molecular weight excluding hydrogens is 323 g/mol. The van der Waals surface area contributed by atoms with Gasteiger partial charge in [-0.25, -0.2) is 4.39 Å². The molecule has 2 N–H and O–H groups in total. The molecule has 1 aliphatic carbocycles. The van der Waals surface area contributed by atoms with Crippen LogP contribution in [0.5, 0.6) is 0 Å². The molecule has 1 aromatic heterocycles. The zero-order valence-corrected chi connectivity index (χ0v) is 13.2. The molecule has 3 aromatic rings. The molecule has 1 saturated carbocycles. The predicted molar refractivity (Wildman–Crippen MR) is 91.9 cm³/mol. The van der Waals surface area contributed by atoms with E-state index in [0.717, 1.165) is 12.8 Å². The molecule has 0 spiro atoms. The van der Waals surface area contributed by atoms with Crippen LogP contribution in [0.4, 0.5) is 15.8 Å². The normalized spacial score (nSPS) is 13.6. The first-order chi connectivity index (χ1) is 12.1. The number of para-hydroxylation sites is 1. The van der Waals surface area contributed by atoms with E-state index in [2.05, 4.69) is 10.6 Å². The van der Waals surface area contributed by atoms with Gasteiger partial charge >= 0.3 is 0 Å². The Morgan fingerprint density at radius 2 is 1.84 bits per heavy atom. The van der Waals surface area contributed by atoms with Crippen LogP contribution >= 0.6 is 0 Å². The maximum absolute atomic E-state index is 13.3. The fraction of sp³-hybridized carbons (Fsp3) is 0.158. The molecule has 2 aromatic carbocycles. The van der Waals surface area contributed by atoms with E-state index in [0.29, 0.717) is 22.3 Å². The number of fused-ring (bicyclic) bond motifs is 1. The number of anilines is 2. The number of amides is 2. The van der Waals surface area contributed by atoms with Crippen molar-refractivity contribution >= 4 is 34.2 Å². The third-order valence-corrected chi connectivity index (χ3v) is 4.08. The summed E-state index contributed by atoms with van der Waals surface area (Å²) in [6.07, 6.45) is 1.71. The number of furan rings is 1. The molecule has 6 heteroatoms. The summed E-state index contributed by atoms with van der Waals surface area (Å²) in [5, 5.41) is 6.05. The van der Waals surface area contributed by atoms with Crippen LogP contribution in [0.15, 0.2) is 52.9 Å². The van der Waals surface area contributed by atoms with Crippen LogP contribution < -0.4 is 10.6 Å². The number of benzene rings is 2. The summed E-state index contributed by atoms with van der Waals surface area (Å²) in [7, 11) is 0. The Morgan fingerprint density at radius 3 is 2.60 bits per heavy atom. The van der Waals surface area contributed by atoms with Gasteiger partial charge in [-0.15, -0.1) is 0 Å². The first-order valence-corrected chi connectivity index (χ1v) is 8.01. The average molecular weight is 338 g/mol. The second-order valence-corrected chi connectivity index (χ2v) is 6.03. The monoisotopic (exact) mass is 338 g/mol. The molecule has 2 amide bonds. The van der Waals surface area contributed by atoms with Crippen molar-refractivity contribution in [1.29, 1.82) is 0 Å². The number of nitrogens with one attached hydrogen (secondary N) is 2. The minimum atomic E-state index is -0.548. The maximum atomic E-state index is 13.3. The summed E-state index contributed by atoms with van der Waals surface area (Å²) in [5.74, 6) is -1.13. The van der Waals surface area contributed by atoms with Gasteiger partial charge in [0.2, 0.25) is 11.7 Å². The SMILES string of the molecule is O=C(Nc1cccc(F)c1)c1oc2ccccc2c1NC(=O)C1CC1. The van der Waals surface area contributed by atoms with Crippen LogP contribution in [0.1, 0.15) is 23.4 Å². The molecule has 4 rings (SSSR count). The minimum absolute atomic E-state index is 0.000499. The van der Waals surface area contributed by atoms with Gasteiger partial charge in [-0.05, 0) is 43.2 Å². The van der Waals surface area contributed by atoms with E-state index >= 15 is 0 Å². The highest BCUT2D eigenvalue weighted by Crippen LogP contribution is 2.35. The van der Waals surface area contributed by atoms with Gasteiger partial charge in [-0.1, -0.05) is 18.2 Å². The Labute approximate surface area is 142 Å². The third kappa shape index (κ3) is 3.10. The molecule has 0 bridgehead atoms. The van der Waals surface area contributed by atoms with Crippen LogP contribution in [0.2, 0.25) is 0 Å². The number of rotatable bonds is 4. The lowest BCUT2D eigenvalue weighted by atomic mass is 10.2. The van der Waals surface area contributed by atoms with Gasteiger partial charge in [0.25, 0.3) is 5.91 Å². The van der Waals surface area contributed by atoms with Crippen molar-refractivity contribution in [2.75, 3.05) is 10.6 Å². The highest BCUT2D eigenvalue weighted by atomic mass is 19.1. The lowest BCUT2D eigenvalue weighted by Gasteiger charge is -2.07. The van der Waals surface area contributed by atoms with E-state index in [4.69, 9.17) is 4.42 Å². The van der Waals surface area contributed by atoms with Crippen molar-refractivity contribution in [1.82, 2.24) is 0 Å². The van der Waals surface area contributed by atoms with Gasteiger partial charge in [0.05, 0.1) is 0 Å². The summed E-state index contributed by atoms with van der Waals surface area (Å²) in [4.78, 5) is 24.8. The molecule has 1 heterocycles. The fourth-order valence-electron chi connectivity index (χ4n) is 2.65. The first-order valence-electron chi connectivity index (χ1n) is 8.01. The summed E-state index contributed by atoms with van der Waals surface area (Å²) in [5.41, 5.74) is 1.16. The Balaban J connectivity index is 1.69. The van der Waals surface area contributed by atoms with Gasteiger partial charge in [-0.2, -0.15) is 0 Å². The van der Waals surface area contributed by atoms with Crippen molar-refractivity contribution in [2.45, 2.75) is 12.8 Å². The van der Waals surface area contributed by atoms with Crippen LogP contribution in [0.3, 0.4) is 0 Å². The molecule has 25 heavy (non-hydrogen) atoms. The smallest absolute Gasteiger partial charge is 0.293 e. The van der Waals surface area contributed by atoms with Crippen LogP contribution in [0.25, 0.3) is 11.0 Å². The Morgan fingerprint density at radius 1 is 1.04 bits per heavy atom. The molecule has 0 atom stereocenters. The largest absolute Gasteiger partial charge is 0.449 e. The lowest BCUT2D eigenvalue weighted by Crippen LogP contribution is -2.18. The second kappa shape index (κ2) is 6.05. The molecule has 0 unspecified atom stereocenters. The average Bonchev–Trinajstić information content (AvgIpc) is 3.38. The quantitative estimate of drug-likeness (QED) is 0.750. The third-order valence-electron chi connectivity index (χ3n) is 4.08. The van der Waals surface area contributed by atoms with Crippen molar-refractivity contribution < 1.29 is 18.4 Å². The van der Waals surface area contributed by atoms with Gasteiger partial charge in [-0.3, -0.25) is 9.59 Å². The number of hydrogen-bond donors (Lipinski definition) is 2. The van der Waals surface area contributed by atoms with Gasteiger partial charge in [0, 0.05) is 17.0 Å². The van der Waals surface area contributed by atoms with Crippen LogP contribution in [-0.2, 0) is 4.79 Å². The lowest BCUT2D eigenvalue weighted by molar-refractivity contribution is -0.117. The van der Waals surface area contributed by atoms with E-state index in [1.165, 1.54) is 18.2 Å². The second-order valence-electron chi connectivity index (χ2n) is 6.03. The predicted octanol–water partition coefficient (Wildman–Crippen LogP) is 4.17. The Bertz CT molecular complexity index is 976. The summed E-state index contributed by atoms with van der Waals surface area (Å²) < 4.78 is 18.9. The summed E-state index contributed by atoms with van der Waals surface area (Å²) >= 11 is 0. The highest BCUT2D eigenvalue weighted by Gasteiger charge is 2.32. The van der Waals surface area contributed by atoms with Crippen molar-refractivity contribution in [3.8, 4) is 0 Å². The van der Waals surface area contributed by atoms with E-state index in [-0.39, 0.29) is 17.6 Å². The fourth-order valence-corrected chi connectivity index (χ4v) is 2.65. The molecule has 1 aliphatic rings. The Kier molecular flexibility index (Phi) is 3.72.